The largest absolute Gasteiger partial charge is 0.416 e. The molecule has 2 aromatic carbocycles. The first kappa shape index (κ1) is 22.1. The van der Waals surface area contributed by atoms with Gasteiger partial charge >= 0.3 is 12.4 Å². The predicted molar refractivity (Wildman–Crippen MR) is 99.0 cm³/mol. The summed E-state index contributed by atoms with van der Waals surface area (Å²) >= 11 is 0. The van der Waals surface area contributed by atoms with Crippen molar-refractivity contribution in [1.82, 2.24) is 9.55 Å². The minimum absolute atomic E-state index is 0.111. The van der Waals surface area contributed by atoms with Crippen LogP contribution in [-0.4, -0.2) is 15.5 Å². The zero-order valence-corrected chi connectivity index (χ0v) is 15.5. The van der Waals surface area contributed by atoms with Crippen molar-refractivity contribution in [2.45, 2.75) is 18.9 Å². The molecule has 0 bridgehead atoms. The van der Waals surface area contributed by atoms with Crippen LogP contribution in [0.15, 0.2) is 65.7 Å². The summed E-state index contributed by atoms with van der Waals surface area (Å²) in [6, 6.07) is 8.90. The van der Waals surface area contributed by atoms with E-state index in [0.29, 0.717) is 0 Å². The Kier molecular flexibility index (Phi) is 5.87. The second-order valence-electron chi connectivity index (χ2n) is 6.44. The first-order chi connectivity index (χ1) is 14.4. The molecule has 5 nitrogen and oxygen atoms in total. The van der Waals surface area contributed by atoms with Gasteiger partial charge in [0.2, 0.25) is 5.91 Å². The number of hydrogen-bond donors (Lipinski definition) is 1. The number of rotatable bonds is 4. The number of halogens is 6. The van der Waals surface area contributed by atoms with Gasteiger partial charge in [0, 0.05) is 17.3 Å². The van der Waals surface area contributed by atoms with Crippen LogP contribution in [0.25, 0.3) is 11.3 Å². The molecule has 3 aromatic rings. The molecule has 0 atom stereocenters. The molecule has 0 saturated heterocycles. The first-order valence-corrected chi connectivity index (χ1v) is 8.65. The summed E-state index contributed by atoms with van der Waals surface area (Å²) in [6.07, 6.45) is -7.94. The van der Waals surface area contributed by atoms with Gasteiger partial charge in [-0.1, -0.05) is 12.1 Å². The molecular formula is C20H13F6N3O2. The van der Waals surface area contributed by atoms with Crippen LogP contribution in [0.1, 0.15) is 11.1 Å². The van der Waals surface area contributed by atoms with E-state index < -0.39 is 41.5 Å². The lowest BCUT2D eigenvalue weighted by Crippen LogP contribution is -2.27. The van der Waals surface area contributed by atoms with Gasteiger partial charge < -0.3 is 5.32 Å². The molecule has 11 heteroatoms. The third-order valence-electron chi connectivity index (χ3n) is 4.20. The van der Waals surface area contributed by atoms with Crippen molar-refractivity contribution in [3.05, 3.63) is 82.4 Å². The van der Waals surface area contributed by atoms with Gasteiger partial charge in [-0.3, -0.25) is 14.2 Å². The molecule has 31 heavy (non-hydrogen) atoms. The van der Waals surface area contributed by atoms with Crippen molar-refractivity contribution in [1.29, 1.82) is 0 Å². The highest BCUT2D eigenvalue weighted by atomic mass is 19.4. The summed E-state index contributed by atoms with van der Waals surface area (Å²) in [7, 11) is 0. The fraction of sp³-hybridized carbons (Fsp3) is 0.150. The predicted octanol–water partition coefficient (Wildman–Crippen LogP) is 4.59. The molecule has 1 amide bonds. The van der Waals surface area contributed by atoms with Crippen LogP contribution < -0.4 is 10.9 Å². The second kappa shape index (κ2) is 8.25. The molecule has 0 aliphatic heterocycles. The minimum Gasteiger partial charge on any atom is -0.325 e. The quantitative estimate of drug-likeness (QED) is 0.603. The number of alkyl halides is 6. The van der Waals surface area contributed by atoms with Crippen LogP contribution in [0.4, 0.5) is 32.0 Å². The SMILES string of the molecule is O=C(Cn1cnc(-c2ccc(C(F)(F)F)cc2)cc1=O)Nc1ccc(C(F)(F)F)cc1. The maximum atomic E-state index is 12.6. The Bertz CT molecular complexity index is 1130. The highest BCUT2D eigenvalue weighted by Crippen LogP contribution is 2.31. The van der Waals surface area contributed by atoms with E-state index >= 15 is 0 Å². The molecule has 1 aromatic heterocycles. The van der Waals surface area contributed by atoms with Crippen molar-refractivity contribution in [3.63, 3.8) is 0 Å². The van der Waals surface area contributed by atoms with Crippen LogP contribution >= 0.6 is 0 Å². The highest BCUT2D eigenvalue weighted by Gasteiger charge is 2.30. The Morgan fingerprint density at radius 3 is 1.87 bits per heavy atom. The zero-order chi connectivity index (χ0) is 22.8. The number of nitrogens with zero attached hydrogens (tertiary/aromatic N) is 2. The van der Waals surface area contributed by atoms with Gasteiger partial charge in [-0.05, 0) is 36.4 Å². The monoisotopic (exact) mass is 441 g/mol. The number of carbonyl (C=O) groups is 1. The van der Waals surface area contributed by atoms with E-state index in [4.69, 9.17) is 0 Å². The summed E-state index contributed by atoms with van der Waals surface area (Å²) < 4.78 is 76.5. The average Bonchev–Trinajstić information content (AvgIpc) is 2.68. The van der Waals surface area contributed by atoms with Gasteiger partial charge in [-0.2, -0.15) is 26.3 Å². The molecule has 1 N–H and O–H groups in total. The molecule has 0 aliphatic carbocycles. The van der Waals surface area contributed by atoms with Gasteiger partial charge in [0.15, 0.2) is 0 Å². The molecule has 1 heterocycles. The van der Waals surface area contributed by atoms with E-state index in [0.717, 1.165) is 53.4 Å². The van der Waals surface area contributed by atoms with Crippen molar-refractivity contribution in [2.75, 3.05) is 5.32 Å². The Morgan fingerprint density at radius 2 is 1.39 bits per heavy atom. The van der Waals surface area contributed by atoms with E-state index in [9.17, 15) is 35.9 Å². The van der Waals surface area contributed by atoms with E-state index in [-0.39, 0.29) is 16.9 Å². The zero-order valence-electron chi connectivity index (χ0n) is 15.5. The van der Waals surface area contributed by atoms with Gasteiger partial charge in [-0.15, -0.1) is 0 Å². The maximum absolute atomic E-state index is 12.6. The van der Waals surface area contributed by atoms with Gasteiger partial charge in [-0.25, -0.2) is 4.98 Å². The molecule has 162 valence electrons. The Hall–Kier alpha value is -3.63. The number of benzene rings is 2. The van der Waals surface area contributed by atoms with Crippen molar-refractivity contribution < 1.29 is 31.1 Å². The van der Waals surface area contributed by atoms with Gasteiger partial charge in [0.05, 0.1) is 23.1 Å². The molecule has 0 radical (unpaired) electrons. The van der Waals surface area contributed by atoms with Crippen LogP contribution in [0.2, 0.25) is 0 Å². The van der Waals surface area contributed by atoms with Crippen LogP contribution in [-0.2, 0) is 23.7 Å². The normalized spacial score (nSPS) is 11.9. The van der Waals surface area contributed by atoms with Crippen LogP contribution in [0, 0.1) is 0 Å². The van der Waals surface area contributed by atoms with Crippen LogP contribution in [0.5, 0.6) is 0 Å². The van der Waals surface area contributed by atoms with Crippen molar-refractivity contribution in [2.24, 2.45) is 0 Å². The van der Waals surface area contributed by atoms with Gasteiger partial charge in [0.1, 0.15) is 6.54 Å². The number of amides is 1. The maximum Gasteiger partial charge on any atom is 0.416 e. The first-order valence-electron chi connectivity index (χ1n) is 8.65. The number of nitrogens with one attached hydrogen (secondary N) is 1. The van der Waals surface area contributed by atoms with Crippen molar-refractivity contribution >= 4 is 11.6 Å². The number of carbonyl (C=O) groups excluding carboxylic acids is 1. The van der Waals surface area contributed by atoms with Gasteiger partial charge in [0.25, 0.3) is 5.56 Å². The molecule has 0 saturated carbocycles. The van der Waals surface area contributed by atoms with E-state index in [1.165, 1.54) is 12.1 Å². The molecular weight excluding hydrogens is 428 g/mol. The fourth-order valence-corrected chi connectivity index (χ4v) is 2.63. The molecule has 0 spiro atoms. The molecule has 0 fully saturated rings. The molecule has 3 rings (SSSR count). The minimum atomic E-state index is -4.50. The number of hydrogen-bond acceptors (Lipinski definition) is 3. The summed E-state index contributed by atoms with van der Waals surface area (Å²) in [4.78, 5) is 28.3. The van der Waals surface area contributed by atoms with Crippen LogP contribution in [0.3, 0.4) is 0 Å². The third kappa shape index (κ3) is 5.50. The third-order valence-corrected chi connectivity index (χ3v) is 4.20. The lowest BCUT2D eigenvalue weighted by Gasteiger charge is -2.10. The average molecular weight is 441 g/mol. The lowest BCUT2D eigenvalue weighted by molar-refractivity contribution is -0.138. The number of anilines is 1. The highest BCUT2D eigenvalue weighted by molar-refractivity contribution is 5.90. The second-order valence-corrected chi connectivity index (χ2v) is 6.44. The Balaban J connectivity index is 1.69. The summed E-state index contributed by atoms with van der Waals surface area (Å²) in [5.41, 5.74) is -1.83. The Labute approximate surface area is 171 Å². The summed E-state index contributed by atoms with van der Waals surface area (Å²) in [5.74, 6) is -0.675. The molecule has 0 unspecified atom stereocenters. The smallest absolute Gasteiger partial charge is 0.325 e. The number of aromatic nitrogens is 2. The topological polar surface area (TPSA) is 64.0 Å². The summed E-state index contributed by atoms with van der Waals surface area (Å²) in [5, 5.41) is 2.36. The standard InChI is InChI=1S/C20H13F6N3O2/c21-19(22,23)13-3-1-12(2-4-13)16-9-18(31)29(11-27-16)10-17(30)28-15-7-5-14(6-8-15)20(24,25)26/h1-9,11H,10H2,(H,28,30). The summed E-state index contributed by atoms with van der Waals surface area (Å²) in [6.45, 7) is -0.458. The van der Waals surface area contributed by atoms with E-state index in [2.05, 4.69) is 10.3 Å². The lowest BCUT2D eigenvalue weighted by atomic mass is 10.1. The van der Waals surface area contributed by atoms with Crippen molar-refractivity contribution in [3.8, 4) is 11.3 Å². The van der Waals surface area contributed by atoms with E-state index in [1.807, 2.05) is 0 Å². The Morgan fingerprint density at radius 1 is 0.871 bits per heavy atom. The molecule has 0 aliphatic rings. The van der Waals surface area contributed by atoms with E-state index in [1.54, 1.807) is 0 Å². The fourth-order valence-electron chi connectivity index (χ4n) is 2.63.